The van der Waals surface area contributed by atoms with Crippen LogP contribution in [-0.2, 0) is 10.0 Å². The average molecular weight is 340 g/mol. The lowest BCUT2D eigenvalue weighted by atomic mass is 10.2. The van der Waals surface area contributed by atoms with E-state index in [1.54, 1.807) is 19.1 Å². The van der Waals surface area contributed by atoms with Crippen molar-refractivity contribution in [2.24, 2.45) is 0 Å². The molecule has 0 N–H and O–H groups in total. The standard InChI is InChI=1S/C18H16N2O3S/c1-13(18-11-15-7-3-4-9-17(15)23-18)20(2)24(21,22)16-8-5-6-14(10-16)12-19/h3-11,13H,1-2H3. The molecule has 0 saturated carbocycles. The Kier molecular flexibility index (Phi) is 4.14. The average Bonchev–Trinajstić information content (AvgIpc) is 3.04. The van der Waals surface area contributed by atoms with Crippen molar-refractivity contribution >= 4 is 21.0 Å². The van der Waals surface area contributed by atoms with E-state index in [-0.39, 0.29) is 4.90 Å². The topological polar surface area (TPSA) is 74.3 Å². The van der Waals surface area contributed by atoms with E-state index in [2.05, 4.69) is 0 Å². The molecule has 1 heterocycles. The van der Waals surface area contributed by atoms with Crippen LogP contribution in [0.15, 0.2) is 63.9 Å². The van der Waals surface area contributed by atoms with Crippen LogP contribution in [0.1, 0.15) is 24.3 Å². The number of benzene rings is 2. The van der Waals surface area contributed by atoms with Crippen LogP contribution >= 0.6 is 0 Å². The summed E-state index contributed by atoms with van der Waals surface area (Å²) < 4.78 is 32.6. The van der Waals surface area contributed by atoms with E-state index in [0.717, 1.165) is 11.0 Å². The maximum absolute atomic E-state index is 12.8. The van der Waals surface area contributed by atoms with Gasteiger partial charge in [0.15, 0.2) is 0 Å². The summed E-state index contributed by atoms with van der Waals surface area (Å²) in [6.45, 7) is 1.77. The van der Waals surface area contributed by atoms with Crippen molar-refractivity contribution in [3.63, 3.8) is 0 Å². The molecule has 6 heteroatoms. The molecule has 1 aromatic heterocycles. The van der Waals surface area contributed by atoms with Gasteiger partial charge in [-0.25, -0.2) is 8.42 Å². The molecule has 3 rings (SSSR count). The summed E-state index contributed by atoms with van der Waals surface area (Å²) in [4.78, 5) is 0.0898. The third kappa shape index (κ3) is 2.80. The molecular formula is C18H16N2O3S. The molecule has 0 aliphatic rings. The second kappa shape index (κ2) is 6.11. The second-order valence-electron chi connectivity index (χ2n) is 5.52. The molecule has 2 aromatic carbocycles. The Morgan fingerprint density at radius 3 is 2.58 bits per heavy atom. The molecule has 24 heavy (non-hydrogen) atoms. The van der Waals surface area contributed by atoms with Crippen LogP contribution in [-0.4, -0.2) is 19.8 Å². The van der Waals surface area contributed by atoms with Crippen LogP contribution in [0.2, 0.25) is 0 Å². The Hall–Kier alpha value is -2.62. The highest BCUT2D eigenvalue weighted by Crippen LogP contribution is 2.30. The smallest absolute Gasteiger partial charge is 0.243 e. The molecule has 0 saturated heterocycles. The fraction of sp³-hybridized carbons (Fsp3) is 0.167. The summed E-state index contributed by atoms with van der Waals surface area (Å²) in [5.74, 6) is 0.568. The zero-order valence-corrected chi connectivity index (χ0v) is 14.1. The van der Waals surface area contributed by atoms with Crippen LogP contribution in [0.25, 0.3) is 11.0 Å². The SMILES string of the molecule is CC(c1cc2ccccc2o1)N(C)S(=O)(=O)c1cccc(C#N)c1. The second-order valence-corrected chi connectivity index (χ2v) is 7.52. The first-order valence-electron chi connectivity index (χ1n) is 7.40. The molecule has 5 nitrogen and oxygen atoms in total. The zero-order valence-electron chi connectivity index (χ0n) is 13.3. The van der Waals surface area contributed by atoms with Crippen LogP contribution in [0, 0.1) is 11.3 Å². The van der Waals surface area contributed by atoms with E-state index < -0.39 is 16.1 Å². The predicted octanol–water partition coefficient (Wildman–Crippen LogP) is 3.69. The van der Waals surface area contributed by atoms with Gasteiger partial charge in [0.2, 0.25) is 10.0 Å². The summed E-state index contributed by atoms with van der Waals surface area (Å²) in [5.41, 5.74) is 1.03. The maximum Gasteiger partial charge on any atom is 0.243 e. The minimum atomic E-state index is -3.73. The number of hydrogen-bond acceptors (Lipinski definition) is 4. The Labute approximate surface area is 140 Å². The van der Waals surface area contributed by atoms with Crippen molar-refractivity contribution in [1.82, 2.24) is 4.31 Å². The number of furan rings is 1. The van der Waals surface area contributed by atoms with Gasteiger partial charge in [0, 0.05) is 12.4 Å². The van der Waals surface area contributed by atoms with Gasteiger partial charge in [-0.2, -0.15) is 9.57 Å². The van der Waals surface area contributed by atoms with Crippen LogP contribution in [0.5, 0.6) is 0 Å². The maximum atomic E-state index is 12.8. The van der Waals surface area contributed by atoms with Crippen LogP contribution in [0.4, 0.5) is 0 Å². The molecule has 0 radical (unpaired) electrons. The number of sulfonamides is 1. The van der Waals surface area contributed by atoms with Crippen LogP contribution < -0.4 is 0 Å². The Bertz CT molecular complexity index is 999. The van der Waals surface area contributed by atoms with Gasteiger partial charge in [0.1, 0.15) is 11.3 Å². The van der Waals surface area contributed by atoms with E-state index >= 15 is 0 Å². The highest BCUT2D eigenvalue weighted by atomic mass is 32.2. The Balaban J connectivity index is 1.96. The van der Waals surface area contributed by atoms with Crippen molar-refractivity contribution in [2.45, 2.75) is 17.9 Å². The number of para-hydroxylation sites is 1. The largest absolute Gasteiger partial charge is 0.459 e. The first kappa shape index (κ1) is 16.2. The van der Waals surface area contributed by atoms with E-state index in [1.807, 2.05) is 36.4 Å². The fourth-order valence-electron chi connectivity index (χ4n) is 2.49. The number of fused-ring (bicyclic) bond motifs is 1. The van der Waals surface area contributed by atoms with Gasteiger partial charge in [0.25, 0.3) is 0 Å². The summed E-state index contributed by atoms with van der Waals surface area (Å²) in [6, 6.07) is 16.8. The molecule has 3 aromatic rings. The highest BCUT2D eigenvalue weighted by molar-refractivity contribution is 7.89. The van der Waals surface area contributed by atoms with Crippen LogP contribution in [0.3, 0.4) is 0 Å². The molecule has 0 fully saturated rings. The molecule has 0 aliphatic heterocycles. The summed E-state index contributed by atoms with van der Waals surface area (Å²) in [5, 5.41) is 9.89. The van der Waals surface area contributed by atoms with E-state index in [1.165, 1.54) is 23.5 Å². The van der Waals surface area contributed by atoms with Gasteiger partial charge in [-0.05, 0) is 37.3 Å². The van der Waals surface area contributed by atoms with E-state index in [9.17, 15) is 8.42 Å². The summed E-state index contributed by atoms with van der Waals surface area (Å²) in [6.07, 6.45) is 0. The molecule has 0 aliphatic carbocycles. The van der Waals surface area contributed by atoms with Crippen molar-refractivity contribution < 1.29 is 12.8 Å². The van der Waals surface area contributed by atoms with Gasteiger partial charge in [0.05, 0.1) is 22.6 Å². The fourth-order valence-corrected chi connectivity index (χ4v) is 3.87. The quantitative estimate of drug-likeness (QED) is 0.726. The monoisotopic (exact) mass is 340 g/mol. The predicted molar refractivity (Wildman–Crippen MR) is 90.7 cm³/mol. The molecule has 1 unspecified atom stereocenters. The molecule has 122 valence electrons. The first-order valence-corrected chi connectivity index (χ1v) is 8.84. The third-order valence-corrected chi connectivity index (χ3v) is 5.97. The molecular weight excluding hydrogens is 324 g/mol. The molecule has 0 amide bonds. The van der Waals surface area contributed by atoms with Gasteiger partial charge in [-0.3, -0.25) is 0 Å². The summed E-state index contributed by atoms with van der Waals surface area (Å²) in [7, 11) is -2.23. The number of hydrogen-bond donors (Lipinski definition) is 0. The normalized spacial score (nSPS) is 13.1. The molecule has 0 spiro atoms. The minimum Gasteiger partial charge on any atom is -0.459 e. The first-order chi connectivity index (χ1) is 11.4. The van der Waals surface area contributed by atoms with Gasteiger partial charge in [-0.1, -0.05) is 24.3 Å². The summed E-state index contributed by atoms with van der Waals surface area (Å²) >= 11 is 0. The van der Waals surface area contributed by atoms with E-state index in [0.29, 0.717) is 11.3 Å². The van der Waals surface area contributed by atoms with E-state index in [4.69, 9.17) is 9.68 Å². The Morgan fingerprint density at radius 1 is 1.12 bits per heavy atom. The number of nitriles is 1. The third-order valence-electron chi connectivity index (χ3n) is 4.04. The highest BCUT2D eigenvalue weighted by Gasteiger charge is 2.28. The minimum absolute atomic E-state index is 0.0898. The van der Waals surface area contributed by atoms with Crippen molar-refractivity contribution in [3.05, 3.63) is 65.9 Å². The lowest BCUT2D eigenvalue weighted by Crippen LogP contribution is -2.29. The van der Waals surface area contributed by atoms with Gasteiger partial charge >= 0.3 is 0 Å². The molecule has 0 bridgehead atoms. The number of nitrogens with zero attached hydrogens (tertiary/aromatic N) is 2. The number of rotatable bonds is 4. The van der Waals surface area contributed by atoms with Crippen molar-refractivity contribution in [2.75, 3.05) is 7.05 Å². The van der Waals surface area contributed by atoms with Crippen molar-refractivity contribution in [3.8, 4) is 6.07 Å². The van der Waals surface area contributed by atoms with Gasteiger partial charge < -0.3 is 4.42 Å². The lowest BCUT2D eigenvalue weighted by molar-refractivity contribution is 0.348. The van der Waals surface area contributed by atoms with Gasteiger partial charge in [-0.15, -0.1) is 0 Å². The molecule has 1 atom stereocenters. The Morgan fingerprint density at radius 2 is 1.88 bits per heavy atom. The zero-order chi connectivity index (χ0) is 17.3. The van der Waals surface area contributed by atoms with Crippen molar-refractivity contribution in [1.29, 1.82) is 5.26 Å². The lowest BCUT2D eigenvalue weighted by Gasteiger charge is -2.22.